The van der Waals surface area contributed by atoms with E-state index in [2.05, 4.69) is 0 Å². The predicted octanol–water partition coefficient (Wildman–Crippen LogP) is 3.45. The van der Waals surface area contributed by atoms with Crippen LogP contribution in [-0.2, 0) is 4.74 Å². The van der Waals surface area contributed by atoms with Gasteiger partial charge in [0.05, 0.1) is 18.1 Å². The van der Waals surface area contributed by atoms with Crippen molar-refractivity contribution in [3.63, 3.8) is 0 Å². The van der Waals surface area contributed by atoms with E-state index in [4.69, 9.17) is 16.3 Å². The Balaban J connectivity index is 3.66. The molecule has 0 N–H and O–H groups in total. The fourth-order valence-corrected chi connectivity index (χ4v) is 0.474. The molecule has 0 saturated heterocycles. The van der Waals surface area contributed by atoms with Gasteiger partial charge in [0.2, 0.25) is 0 Å². The van der Waals surface area contributed by atoms with Gasteiger partial charge in [0.1, 0.15) is 5.76 Å². The molecule has 0 atom stereocenters. The van der Waals surface area contributed by atoms with Gasteiger partial charge < -0.3 is 4.74 Å². The van der Waals surface area contributed by atoms with Gasteiger partial charge in [0.15, 0.2) is 0 Å². The first-order valence-corrected chi connectivity index (χ1v) is 3.73. The zero-order chi connectivity index (χ0) is 9.78. The van der Waals surface area contributed by atoms with Crippen LogP contribution >= 0.6 is 11.6 Å². The van der Waals surface area contributed by atoms with Crippen LogP contribution in [0.2, 0.25) is 0 Å². The molecule has 0 rings (SSSR count). The second kappa shape index (κ2) is 4.60. The van der Waals surface area contributed by atoms with Crippen LogP contribution in [0.25, 0.3) is 0 Å². The number of halogens is 4. The molecule has 0 aromatic heterocycles. The average Bonchev–Trinajstić information content (AvgIpc) is 1.84. The number of hydrogen-bond acceptors (Lipinski definition) is 1. The van der Waals surface area contributed by atoms with E-state index in [1.54, 1.807) is 6.92 Å². The number of alkyl halides is 3. The van der Waals surface area contributed by atoms with Crippen LogP contribution < -0.4 is 0 Å². The molecule has 72 valence electrons. The lowest BCUT2D eigenvalue weighted by Gasteiger charge is -2.08. The summed E-state index contributed by atoms with van der Waals surface area (Å²) in [6.45, 7) is 2.71. The van der Waals surface area contributed by atoms with E-state index in [1.807, 2.05) is 0 Å². The molecule has 0 fully saturated rings. The summed E-state index contributed by atoms with van der Waals surface area (Å²) < 4.78 is 39.4. The molecule has 12 heavy (non-hydrogen) atoms. The minimum absolute atomic E-state index is 0.334. The van der Waals surface area contributed by atoms with Crippen molar-refractivity contribution in [2.24, 2.45) is 0 Å². The highest BCUT2D eigenvalue weighted by Crippen LogP contribution is 2.20. The Bertz CT molecular complexity index is 170. The third-order valence-electron chi connectivity index (χ3n) is 1.19. The molecule has 0 unspecified atom stereocenters. The van der Waals surface area contributed by atoms with Gasteiger partial charge in [-0.3, -0.25) is 0 Å². The number of allylic oxidation sites excluding steroid dienone is 2. The molecule has 0 bridgehead atoms. The van der Waals surface area contributed by atoms with E-state index in [0.717, 1.165) is 0 Å². The molecular formula is C7H10ClF3O. The highest BCUT2D eigenvalue weighted by Gasteiger charge is 2.26. The van der Waals surface area contributed by atoms with Crippen molar-refractivity contribution in [2.75, 3.05) is 6.61 Å². The maximum Gasteiger partial charge on any atom is 0.392 e. The minimum Gasteiger partial charge on any atom is -0.497 e. The molecular weight excluding hydrogens is 193 g/mol. The molecule has 0 amide bonds. The summed E-state index contributed by atoms with van der Waals surface area (Å²) in [5.41, 5.74) is 0. The van der Waals surface area contributed by atoms with Crippen LogP contribution in [0.5, 0.6) is 0 Å². The molecule has 0 aliphatic heterocycles. The third kappa shape index (κ3) is 6.34. The zero-order valence-electron chi connectivity index (χ0n) is 6.83. The van der Waals surface area contributed by atoms with E-state index in [1.165, 1.54) is 6.92 Å². The third-order valence-corrected chi connectivity index (χ3v) is 1.46. The standard InChI is InChI=1S/C7H10ClF3O/c1-5(8)6(2)12-4-3-7(9,10)11/h3-4H2,1-2H3. The maximum absolute atomic E-state index is 11.6. The fraction of sp³-hybridized carbons (Fsp3) is 0.714. The van der Waals surface area contributed by atoms with Gasteiger partial charge in [-0.15, -0.1) is 0 Å². The lowest BCUT2D eigenvalue weighted by atomic mass is 10.4. The van der Waals surface area contributed by atoms with Crippen molar-refractivity contribution >= 4 is 11.6 Å². The van der Waals surface area contributed by atoms with E-state index >= 15 is 0 Å². The lowest BCUT2D eigenvalue weighted by Crippen LogP contribution is -2.11. The highest BCUT2D eigenvalue weighted by molar-refractivity contribution is 6.29. The molecule has 1 nitrogen and oxygen atoms in total. The topological polar surface area (TPSA) is 9.23 Å². The van der Waals surface area contributed by atoms with E-state index < -0.39 is 12.6 Å². The molecule has 0 spiro atoms. The van der Waals surface area contributed by atoms with Gasteiger partial charge in [-0.2, -0.15) is 13.2 Å². The van der Waals surface area contributed by atoms with E-state index in [-0.39, 0.29) is 6.61 Å². The molecule has 0 radical (unpaired) electrons. The first-order valence-electron chi connectivity index (χ1n) is 3.35. The van der Waals surface area contributed by atoms with Crippen molar-refractivity contribution in [1.82, 2.24) is 0 Å². The van der Waals surface area contributed by atoms with Crippen molar-refractivity contribution in [2.45, 2.75) is 26.4 Å². The van der Waals surface area contributed by atoms with E-state index in [9.17, 15) is 13.2 Å². The first-order chi connectivity index (χ1) is 5.33. The summed E-state index contributed by atoms with van der Waals surface area (Å²) in [4.78, 5) is 0. The smallest absolute Gasteiger partial charge is 0.392 e. The Labute approximate surface area is 74.2 Å². The Hall–Kier alpha value is -0.380. The molecule has 0 aromatic carbocycles. The summed E-state index contributed by atoms with van der Waals surface area (Å²) in [7, 11) is 0. The summed E-state index contributed by atoms with van der Waals surface area (Å²) >= 11 is 5.45. The molecule has 5 heteroatoms. The zero-order valence-corrected chi connectivity index (χ0v) is 7.59. The van der Waals surface area contributed by atoms with Gasteiger partial charge >= 0.3 is 6.18 Å². The minimum atomic E-state index is -4.17. The van der Waals surface area contributed by atoms with Crippen molar-refractivity contribution < 1.29 is 17.9 Å². The summed E-state index contributed by atoms with van der Waals surface area (Å²) in [5, 5.41) is 0.372. The number of ether oxygens (including phenoxy) is 1. The van der Waals surface area contributed by atoms with Crippen LogP contribution in [0, 0.1) is 0 Å². The molecule has 0 aliphatic rings. The van der Waals surface area contributed by atoms with E-state index in [0.29, 0.717) is 10.8 Å². The average molecular weight is 203 g/mol. The van der Waals surface area contributed by atoms with Crippen LogP contribution in [0.4, 0.5) is 13.2 Å². The second-order valence-electron chi connectivity index (χ2n) is 2.30. The Morgan fingerprint density at radius 3 is 2.17 bits per heavy atom. The largest absolute Gasteiger partial charge is 0.497 e. The van der Waals surface area contributed by atoms with Gasteiger partial charge in [-0.1, -0.05) is 11.6 Å². The lowest BCUT2D eigenvalue weighted by molar-refractivity contribution is -0.142. The number of rotatable bonds is 3. The van der Waals surface area contributed by atoms with Gasteiger partial charge in [0.25, 0.3) is 0 Å². The van der Waals surface area contributed by atoms with Crippen molar-refractivity contribution in [3.8, 4) is 0 Å². The van der Waals surface area contributed by atoms with Gasteiger partial charge in [-0.05, 0) is 13.8 Å². The monoisotopic (exact) mass is 202 g/mol. The summed E-state index contributed by atoms with van der Waals surface area (Å²) in [6.07, 6.45) is -5.12. The summed E-state index contributed by atoms with van der Waals surface area (Å²) in [5.74, 6) is 0.334. The van der Waals surface area contributed by atoms with Crippen molar-refractivity contribution in [3.05, 3.63) is 10.8 Å². The Morgan fingerprint density at radius 2 is 1.83 bits per heavy atom. The molecule has 0 saturated carbocycles. The number of hydrogen-bond donors (Lipinski definition) is 0. The van der Waals surface area contributed by atoms with Crippen molar-refractivity contribution in [1.29, 1.82) is 0 Å². The van der Waals surface area contributed by atoms with Crippen LogP contribution in [-0.4, -0.2) is 12.8 Å². The molecule has 0 heterocycles. The SMILES string of the molecule is CC(Cl)=C(C)OCCC(F)(F)F. The van der Waals surface area contributed by atoms with Gasteiger partial charge in [0, 0.05) is 0 Å². The highest BCUT2D eigenvalue weighted by atomic mass is 35.5. The fourth-order valence-electron chi connectivity index (χ4n) is 0.419. The quantitative estimate of drug-likeness (QED) is 0.637. The molecule has 0 aliphatic carbocycles. The van der Waals surface area contributed by atoms with Crippen LogP contribution in [0.3, 0.4) is 0 Å². The van der Waals surface area contributed by atoms with Crippen LogP contribution in [0.1, 0.15) is 20.3 Å². The first kappa shape index (κ1) is 11.6. The molecule has 0 aromatic rings. The van der Waals surface area contributed by atoms with Crippen LogP contribution in [0.15, 0.2) is 10.8 Å². The predicted molar refractivity (Wildman–Crippen MR) is 40.9 cm³/mol. The Morgan fingerprint density at radius 1 is 1.33 bits per heavy atom. The van der Waals surface area contributed by atoms with Gasteiger partial charge in [-0.25, -0.2) is 0 Å². The summed E-state index contributed by atoms with van der Waals surface area (Å²) in [6, 6.07) is 0. The second-order valence-corrected chi connectivity index (χ2v) is 2.87. The Kier molecular flexibility index (Phi) is 4.45. The normalized spacial score (nSPS) is 14.2. The maximum atomic E-state index is 11.6.